The van der Waals surface area contributed by atoms with E-state index in [9.17, 15) is 18.8 Å². The molecule has 0 fully saturated rings. The van der Waals surface area contributed by atoms with E-state index in [4.69, 9.17) is 23.2 Å². The molecule has 0 aliphatic carbocycles. The van der Waals surface area contributed by atoms with Crippen molar-refractivity contribution in [3.8, 4) is 0 Å². The number of rotatable bonds is 5. The zero-order chi connectivity index (χ0) is 24.6. The summed E-state index contributed by atoms with van der Waals surface area (Å²) >= 11 is 12.0. The molecule has 6 nitrogen and oxygen atoms in total. The molecule has 0 saturated carbocycles. The Kier molecular flexibility index (Phi) is 6.41. The molecular formula is C25H18Cl2FN3O3. The molecule has 3 aromatic carbocycles. The Morgan fingerprint density at radius 1 is 0.882 bits per heavy atom. The minimum Gasteiger partial charge on any atom is -0.349 e. The molecular weight excluding hydrogens is 480 g/mol. The number of carbonyl (C=O) groups excluding carboxylic acids is 3. The van der Waals surface area contributed by atoms with Gasteiger partial charge in [0, 0.05) is 16.9 Å². The highest BCUT2D eigenvalue weighted by atomic mass is 35.5. The summed E-state index contributed by atoms with van der Waals surface area (Å²) in [5.74, 6) is -2.53. The second-order valence-corrected chi connectivity index (χ2v) is 8.44. The van der Waals surface area contributed by atoms with Crippen LogP contribution in [0.2, 0.25) is 5.02 Å². The summed E-state index contributed by atoms with van der Waals surface area (Å²) in [5.41, 5.74) is 2.99. The largest absolute Gasteiger partial charge is 0.349 e. The summed E-state index contributed by atoms with van der Waals surface area (Å²) in [7, 11) is 0. The van der Waals surface area contributed by atoms with Crippen LogP contribution in [0.15, 0.2) is 71.4 Å². The quantitative estimate of drug-likeness (QED) is 0.437. The summed E-state index contributed by atoms with van der Waals surface area (Å²) in [4.78, 5) is 39.3. The Morgan fingerprint density at radius 3 is 2.29 bits per heavy atom. The lowest BCUT2D eigenvalue weighted by Gasteiger charge is -2.16. The van der Waals surface area contributed by atoms with Crippen LogP contribution in [-0.4, -0.2) is 17.7 Å². The lowest BCUT2D eigenvalue weighted by molar-refractivity contribution is -0.120. The van der Waals surface area contributed by atoms with Gasteiger partial charge in [-0.05, 0) is 61.4 Å². The van der Waals surface area contributed by atoms with Crippen molar-refractivity contribution < 1.29 is 18.8 Å². The van der Waals surface area contributed by atoms with Gasteiger partial charge in [-0.15, -0.1) is 0 Å². The summed E-state index contributed by atoms with van der Waals surface area (Å²) in [5, 5.41) is 5.17. The molecule has 0 radical (unpaired) electrons. The van der Waals surface area contributed by atoms with Crippen molar-refractivity contribution in [2.45, 2.75) is 13.8 Å². The van der Waals surface area contributed by atoms with Crippen LogP contribution in [0.1, 0.15) is 21.5 Å². The molecule has 0 aromatic heterocycles. The molecule has 9 heteroatoms. The summed E-state index contributed by atoms with van der Waals surface area (Å²) in [6, 6.07) is 15.8. The van der Waals surface area contributed by atoms with Gasteiger partial charge in [0.15, 0.2) is 0 Å². The predicted octanol–water partition coefficient (Wildman–Crippen LogP) is 5.78. The summed E-state index contributed by atoms with van der Waals surface area (Å²) < 4.78 is 13.5. The highest BCUT2D eigenvalue weighted by molar-refractivity contribution is 6.53. The van der Waals surface area contributed by atoms with Crippen LogP contribution in [-0.2, 0) is 9.59 Å². The molecule has 1 heterocycles. The van der Waals surface area contributed by atoms with Gasteiger partial charge < -0.3 is 10.6 Å². The monoisotopic (exact) mass is 497 g/mol. The third-order valence-corrected chi connectivity index (χ3v) is 5.98. The highest BCUT2D eigenvalue weighted by Gasteiger charge is 2.39. The first-order valence-electron chi connectivity index (χ1n) is 10.2. The molecule has 4 rings (SSSR count). The van der Waals surface area contributed by atoms with E-state index in [-0.39, 0.29) is 27.3 Å². The van der Waals surface area contributed by atoms with Crippen molar-refractivity contribution >= 4 is 58.0 Å². The zero-order valence-electron chi connectivity index (χ0n) is 18.1. The molecule has 3 aromatic rings. The van der Waals surface area contributed by atoms with Gasteiger partial charge in [0.1, 0.15) is 16.5 Å². The zero-order valence-corrected chi connectivity index (χ0v) is 19.6. The van der Waals surface area contributed by atoms with Gasteiger partial charge in [-0.25, -0.2) is 9.29 Å². The standard InChI is InChI=1S/C25H18Cl2FN3O3/c1-13-5-3-4-6-19(13)30-23(32)15-8-7-14(2)20(11-15)29-22-21(27)24(33)31(25(22)34)16-9-10-18(28)17(26)12-16/h3-12,29H,1-2H3,(H,30,32). The number of para-hydroxylation sites is 1. The number of halogens is 3. The van der Waals surface area contributed by atoms with Gasteiger partial charge in [0.2, 0.25) is 0 Å². The predicted molar refractivity (Wildman–Crippen MR) is 131 cm³/mol. The number of imide groups is 1. The van der Waals surface area contributed by atoms with Crippen LogP contribution in [0.4, 0.5) is 21.5 Å². The van der Waals surface area contributed by atoms with Crippen molar-refractivity contribution in [3.63, 3.8) is 0 Å². The van der Waals surface area contributed by atoms with Gasteiger partial charge >= 0.3 is 0 Å². The number of aryl methyl sites for hydroxylation is 2. The van der Waals surface area contributed by atoms with Crippen LogP contribution >= 0.6 is 23.2 Å². The Labute approximate surface area is 205 Å². The molecule has 0 unspecified atom stereocenters. The number of amides is 3. The summed E-state index contributed by atoms with van der Waals surface area (Å²) in [6.07, 6.45) is 0. The number of benzene rings is 3. The molecule has 0 atom stereocenters. The van der Waals surface area contributed by atoms with E-state index in [0.717, 1.165) is 16.5 Å². The third-order valence-electron chi connectivity index (χ3n) is 5.34. The first-order chi connectivity index (χ1) is 16.2. The minimum atomic E-state index is -0.775. The van der Waals surface area contributed by atoms with Gasteiger partial charge in [-0.2, -0.15) is 0 Å². The van der Waals surface area contributed by atoms with Crippen molar-refractivity contribution in [1.29, 1.82) is 0 Å². The molecule has 1 aliphatic rings. The number of nitrogens with zero attached hydrogens (tertiary/aromatic N) is 1. The molecule has 34 heavy (non-hydrogen) atoms. The van der Waals surface area contributed by atoms with Gasteiger partial charge in [0.25, 0.3) is 17.7 Å². The molecule has 1 aliphatic heterocycles. The first-order valence-corrected chi connectivity index (χ1v) is 10.9. The Bertz CT molecular complexity index is 1390. The number of anilines is 3. The van der Waals surface area contributed by atoms with Gasteiger partial charge in [-0.3, -0.25) is 14.4 Å². The van der Waals surface area contributed by atoms with E-state index >= 15 is 0 Å². The lowest BCUT2D eigenvalue weighted by atomic mass is 10.1. The van der Waals surface area contributed by atoms with Crippen LogP contribution in [0.3, 0.4) is 0 Å². The Morgan fingerprint density at radius 2 is 1.59 bits per heavy atom. The van der Waals surface area contributed by atoms with Crippen molar-refractivity contribution in [3.05, 3.63) is 98.9 Å². The van der Waals surface area contributed by atoms with Crippen LogP contribution in [0.5, 0.6) is 0 Å². The van der Waals surface area contributed by atoms with Gasteiger partial charge in [0.05, 0.1) is 10.7 Å². The average molecular weight is 498 g/mol. The minimum absolute atomic E-state index is 0.0828. The van der Waals surface area contributed by atoms with E-state index in [1.807, 2.05) is 25.1 Å². The topological polar surface area (TPSA) is 78.5 Å². The number of hydrogen-bond acceptors (Lipinski definition) is 4. The second-order valence-electron chi connectivity index (χ2n) is 7.66. The lowest BCUT2D eigenvalue weighted by Crippen LogP contribution is -2.32. The highest BCUT2D eigenvalue weighted by Crippen LogP contribution is 2.33. The maximum absolute atomic E-state index is 13.5. The van der Waals surface area contributed by atoms with E-state index in [1.165, 1.54) is 12.1 Å². The normalized spacial score (nSPS) is 13.5. The van der Waals surface area contributed by atoms with Gasteiger partial charge in [-0.1, -0.05) is 47.5 Å². The maximum Gasteiger partial charge on any atom is 0.283 e. The fourth-order valence-corrected chi connectivity index (χ4v) is 3.80. The molecule has 0 saturated heterocycles. The maximum atomic E-state index is 13.5. The van der Waals surface area contributed by atoms with E-state index < -0.39 is 17.6 Å². The fraction of sp³-hybridized carbons (Fsp3) is 0.0800. The number of nitrogens with one attached hydrogen (secondary N) is 2. The average Bonchev–Trinajstić information content (AvgIpc) is 3.01. The van der Waals surface area contributed by atoms with Crippen LogP contribution < -0.4 is 15.5 Å². The van der Waals surface area contributed by atoms with Crippen molar-refractivity contribution in [1.82, 2.24) is 0 Å². The van der Waals surface area contributed by atoms with E-state index in [1.54, 1.807) is 31.2 Å². The SMILES string of the molecule is Cc1ccccc1NC(=O)c1ccc(C)c(NC2=C(Cl)C(=O)N(c3ccc(F)c(Cl)c3)C2=O)c1. The van der Waals surface area contributed by atoms with Crippen LogP contribution in [0.25, 0.3) is 0 Å². The Hall–Kier alpha value is -3.68. The van der Waals surface area contributed by atoms with Crippen molar-refractivity contribution in [2.75, 3.05) is 15.5 Å². The smallest absolute Gasteiger partial charge is 0.283 e. The number of carbonyl (C=O) groups is 3. The molecule has 2 N–H and O–H groups in total. The van der Waals surface area contributed by atoms with Crippen LogP contribution in [0, 0.1) is 19.7 Å². The fourth-order valence-electron chi connectivity index (χ4n) is 3.41. The van der Waals surface area contributed by atoms with E-state index in [0.29, 0.717) is 22.5 Å². The molecule has 0 bridgehead atoms. The molecule has 3 amide bonds. The molecule has 172 valence electrons. The first kappa shape index (κ1) is 23.5. The molecule has 0 spiro atoms. The number of hydrogen-bond donors (Lipinski definition) is 2. The second kappa shape index (κ2) is 9.29. The van der Waals surface area contributed by atoms with E-state index in [2.05, 4.69) is 10.6 Å². The van der Waals surface area contributed by atoms with Crippen molar-refractivity contribution in [2.24, 2.45) is 0 Å². The summed E-state index contributed by atoms with van der Waals surface area (Å²) in [6.45, 7) is 3.66. The third kappa shape index (κ3) is 4.40. The Balaban J connectivity index is 1.60.